The van der Waals surface area contributed by atoms with Crippen molar-refractivity contribution in [3.8, 4) is 5.88 Å². The monoisotopic (exact) mass is 265 g/mol. The summed E-state index contributed by atoms with van der Waals surface area (Å²) in [6.45, 7) is 0. The van der Waals surface area contributed by atoms with Crippen LogP contribution in [0.25, 0.3) is 10.9 Å². The number of ketones is 1. The third kappa shape index (κ3) is 2.21. The predicted octanol–water partition coefficient (Wildman–Crippen LogP) is 2.26. The molecule has 5 nitrogen and oxygen atoms in total. The Labute approximate surface area is 115 Å². The molecule has 2 aromatic heterocycles. The number of hydrogen-bond donors (Lipinski definition) is 0. The van der Waals surface area contributed by atoms with Crippen molar-refractivity contribution >= 4 is 16.7 Å². The summed E-state index contributed by atoms with van der Waals surface area (Å²) in [5.74, 6) is 0.154. The van der Waals surface area contributed by atoms with Crippen molar-refractivity contribution in [2.24, 2.45) is 0 Å². The van der Waals surface area contributed by atoms with Gasteiger partial charge in [-0.05, 0) is 12.1 Å². The zero-order chi connectivity index (χ0) is 13.9. The third-order valence-electron chi connectivity index (χ3n) is 2.94. The minimum atomic E-state index is -0.205. The number of fused-ring (bicyclic) bond motifs is 1. The zero-order valence-electron chi connectivity index (χ0n) is 10.8. The molecule has 5 heteroatoms. The number of rotatable bonds is 3. The molecule has 0 bridgehead atoms. The largest absolute Gasteiger partial charge is 0.481 e. The van der Waals surface area contributed by atoms with E-state index in [2.05, 4.69) is 15.0 Å². The second-order valence-corrected chi connectivity index (χ2v) is 4.19. The van der Waals surface area contributed by atoms with Crippen molar-refractivity contribution in [1.29, 1.82) is 0 Å². The molecule has 1 aromatic carbocycles. The summed E-state index contributed by atoms with van der Waals surface area (Å²) in [5.41, 5.74) is 1.63. The molecule has 0 unspecified atom stereocenters. The third-order valence-corrected chi connectivity index (χ3v) is 2.94. The maximum absolute atomic E-state index is 12.4. The molecule has 3 rings (SSSR count). The van der Waals surface area contributed by atoms with Crippen molar-refractivity contribution in [3.05, 3.63) is 60.2 Å². The first-order valence-corrected chi connectivity index (χ1v) is 6.03. The Balaban J connectivity index is 2.03. The van der Waals surface area contributed by atoms with E-state index in [1.54, 1.807) is 12.3 Å². The molecule has 98 valence electrons. The van der Waals surface area contributed by atoms with Crippen LogP contribution >= 0.6 is 0 Å². The Morgan fingerprint density at radius 2 is 1.95 bits per heavy atom. The maximum Gasteiger partial charge on any atom is 0.216 e. The molecule has 0 spiro atoms. The van der Waals surface area contributed by atoms with E-state index >= 15 is 0 Å². The van der Waals surface area contributed by atoms with E-state index in [9.17, 15) is 4.79 Å². The van der Waals surface area contributed by atoms with E-state index in [0.29, 0.717) is 11.4 Å². The summed E-state index contributed by atoms with van der Waals surface area (Å²) in [7, 11) is 1.49. The van der Waals surface area contributed by atoms with Gasteiger partial charge in [-0.1, -0.05) is 18.2 Å². The fourth-order valence-electron chi connectivity index (χ4n) is 1.92. The molecule has 2 heterocycles. The highest BCUT2D eigenvalue weighted by atomic mass is 16.5. The Morgan fingerprint density at radius 3 is 2.80 bits per heavy atom. The lowest BCUT2D eigenvalue weighted by atomic mass is 10.1. The van der Waals surface area contributed by atoms with Gasteiger partial charge in [-0.25, -0.2) is 9.97 Å². The van der Waals surface area contributed by atoms with Crippen LogP contribution < -0.4 is 4.74 Å². The summed E-state index contributed by atoms with van der Waals surface area (Å²) >= 11 is 0. The van der Waals surface area contributed by atoms with Crippen molar-refractivity contribution in [2.45, 2.75) is 0 Å². The van der Waals surface area contributed by atoms with E-state index in [4.69, 9.17) is 4.74 Å². The van der Waals surface area contributed by atoms with E-state index in [-0.39, 0.29) is 11.5 Å². The molecule has 0 radical (unpaired) electrons. The average Bonchev–Trinajstić information content (AvgIpc) is 2.53. The molecule has 20 heavy (non-hydrogen) atoms. The van der Waals surface area contributed by atoms with E-state index in [1.165, 1.54) is 19.5 Å². The molecular weight excluding hydrogens is 254 g/mol. The molecule has 0 fully saturated rings. The summed E-state index contributed by atoms with van der Waals surface area (Å²) in [4.78, 5) is 24.5. The highest BCUT2D eigenvalue weighted by Gasteiger charge is 2.13. The lowest BCUT2D eigenvalue weighted by Gasteiger charge is -2.03. The van der Waals surface area contributed by atoms with Gasteiger partial charge in [-0.3, -0.25) is 9.78 Å². The maximum atomic E-state index is 12.4. The van der Waals surface area contributed by atoms with Gasteiger partial charge in [0, 0.05) is 23.2 Å². The van der Waals surface area contributed by atoms with Crippen LogP contribution in [0.2, 0.25) is 0 Å². The van der Waals surface area contributed by atoms with Crippen LogP contribution in [0.1, 0.15) is 16.1 Å². The Hall–Kier alpha value is -2.82. The quantitative estimate of drug-likeness (QED) is 0.680. The molecule has 0 aliphatic rings. The summed E-state index contributed by atoms with van der Waals surface area (Å²) in [6, 6.07) is 11.0. The summed E-state index contributed by atoms with van der Waals surface area (Å²) in [6.07, 6.45) is 2.86. The number of carbonyl (C=O) groups is 1. The smallest absolute Gasteiger partial charge is 0.216 e. The van der Waals surface area contributed by atoms with Crippen molar-refractivity contribution in [2.75, 3.05) is 7.11 Å². The van der Waals surface area contributed by atoms with Gasteiger partial charge in [0.1, 0.15) is 12.0 Å². The molecule has 0 atom stereocenters. The van der Waals surface area contributed by atoms with E-state index < -0.39 is 0 Å². The summed E-state index contributed by atoms with van der Waals surface area (Å²) in [5, 5.41) is 0.916. The fourth-order valence-corrected chi connectivity index (χ4v) is 1.92. The number of para-hydroxylation sites is 1. The van der Waals surface area contributed by atoms with Gasteiger partial charge in [-0.15, -0.1) is 0 Å². The Bertz CT molecular complexity index is 787. The molecule has 0 aliphatic carbocycles. The molecule has 0 saturated carbocycles. The lowest BCUT2D eigenvalue weighted by molar-refractivity contribution is 0.103. The van der Waals surface area contributed by atoms with Gasteiger partial charge >= 0.3 is 0 Å². The zero-order valence-corrected chi connectivity index (χ0v) is 10.8. The van der Waals surface area contributed by atoms with Gasteiger partial charge in [0.05, 0.1) is 12.6 Å². The Kier molecular flexibility index (Phi) is 3.09. The number of benzene rings is 1. The van der Waals surface area contributed by atoms with Gasteiger partial charge < -0.3 is 4.74 Å². The standard InChI is InChI=1S/C15H11N3O2/c1-20-14-7-13(17-9-18-14)15(19)11-6-10-4-2-3-5-12(10)16-8-11/h2-9H,1H3. The second-order valence-electron chi connectivity index (χ2n) is 4.19. The topological polar surface area (TPSA) is 65.0 Å². The average molecular weight is 265 g/mol. The van der Waals surface area contributed by atoms with Gasteiger partial charge in [0.15, 0.2) is 0 Å². The van der Waals surface area contributed by atoms with Crippen LogP contribution in [0.15, 0.2) is 48.9 Å². The Morgan fingerprint density at radius 1 is 1.10 bits per heavy atom. The van der Waals surface area contributed by atoms with Gasteiger partial charge in [0.2, 0.25) is 11.7 Å². The minimum absolute atomic E-state index is 0.205. The first kappa shape index (κ1) is 12.2. The SMILES string of the molecule is COc1cc(C(=O)c2cnc3ccccc3c2)ncn1. The molecule has 3 aromatic rings. The number of carbonyl (C=O) groups excluding carboxylic acids is 1. The number of aromatic nitrogens is 3. The first-order valence-electron chi connectivity index (χ1n) is 6.03. The van der Waals surface area contributed by atoms with Crippen LogP contribution in [0.4, 0.5) is 0 Å². The second kappa shape index (κ2) is 5.05. The van der Waals surface area contributed by atoms with Crippen molar-refractivity contribution in [1.82, 2.24) is 15.0 Å². The molecule has 0 amide bonds. The normalized spacial score (nSPS) is 10.4. The van der Waals surface area contributed by atoms with Gasteiger partial charge in [0.25, 0.3) is 0 Å². The van der Waals surface area contributed by atoms with Crippen LogP contribution in [0, 0.1) is 0 Å². The predicted molar refractivity (Wildman–Crippen MR) is 73.8 cm³/mol. The van der Waals surface area contributed by atoms with Crippen LogP contribution in [0.5, 0.6) is 5.88 Å². The summed E-state index contributed by atoms with van der Waals surface area (Å²) < 4.78 is 4.99. The van der Waals surface area contributed by atoms with E-state index in [1.807, 2.05) is 24.3 Å². The van der Waals surface area contributed by atoms with E-state index in [0.717, 1.165) is 10.9 Å². The van der Waals surface area contributed by atoms with Crippen molar-refractivity contribution < 1.29 is 9.53 Å². The number of hydrogen-bond acceptors (Lipinski definition) is 5. The van der Waals surface area contributed by atoms with Crippen LogP contribution in [-0.4, -0.2) is 27.8 Å². The molecule has 0 saturated heterocycles. The number of methoxy groups -OCH3 is 1. The van der Waals surface area contributed by atoms with Crippen LogP contribution in [-0.2, 0) is 0 Å². The number of ether oxygens (including phenoxy) is 1. The highest BCUT2D eigenvalue weighted by molar-refractivity contribution is 6.09. The minimum Gasteiger partial charge on any atom is -0.481 e. The number of nitrogens with zero attached hydrogens (tertiary/aromatic N) is 3. The van der Waals surface area contributed by atoms with Crippen molar-refractivity contribution in [3.63, 3.8) is 0 Å². The fraction of sp³-hybridized carbons (Fsp3) is 0.0667. The molecular formula is C15H11N3O2. The first-order chi connectivity index (χ1) is 9.78. The van der Waals surface area contributed by atoms with Crippen LogP contribution in [0.3, 0.4) is 0 Å². The molecule has 0 aliphatic heterocycles. The number of pyridine rings is 1. The van der Waals surface area contributed by atoms with Gasteiger partial charge in [-0.2, -0.15) is 0 Å². The molecule has 0 N–H and O–H groups in total. The highest BCUT2D eigenvalue weighted by Crippen LogP contribution is 2.16. The lowest BCUT2D eigenvalue weighted by Crippen LogP contribution is -2.05.